The Kier molecular flexibility index (Phi) is 4.83. The highest BCUT2D eigenvalue weighted by molar-refractivity contribution is 6.33. The maximum absolute atomic E-state index is 12.4. The summed E-state index contributed by atoms with van der Waals surface area (Å²) in [6, 6.07) is 3.45. The molecule has 0 bridgehead atoms. The van der Waals surface area contributed by atoms with Gasteiger partial charge in [-0.15, -0.1) is 0 Å². The van der Waals surface area contributed by atoms with Crippen LogP contribution in [0.2, 0.25) is 5.02 Å². The third-order valence-electron chi connectivity index (χ3n) is 3.43. The summed E-state index contributed by atoms with van der Waals surface area (Å²) in [5, 5.41) is 6.46. The fourth-order valence-electron chi connectivity index (χ4n) is 2.16. The summed E-state index contributed by atoms with van der Waals surface area (Å²) in [5.74, 6) is 0.415. The van der Waals surface area contributed by atoms with E-state index < -0.39 is 0 Å². The summed E-state index contributed by atoms with van der Waals surface area (Å²) in [6.45, 7) is 6.06. The Morgan fingerprint density at radius 2 is 2.15 bits per heavy atom. The van der Waals surface area contributed by atoms with Crippen LogP contribution >= 0.6 is 11.6 Å². The quantitative estimate of drug-likeness (QED) is 0.896. The number of nitrogens with one attached hydrogen (secondary N) is 2. The summed E-state index contributed by atoms with van der Waals surface area (Å²) < 4.78 is 5.32. The monoisotopic (exact) mass is 297 g/mol. The van der Waals surface area contributed by atoms with Crippen molar-refractivity contribution >= 4 is 23.3 Å². The maximum Gasteiger partial charge on any atom is 0.271 e. The molecule has 20 heavy (non-hydrogen) atoms. The van der Waals surface area contributed by atoms with Gasteiger partial charge < -0.3 is 15.4 Å². The molecule has 6 heteroatoms. The minimum absolute atomic E-state index is 0.237. The molecular formula is C14H20ClN3O2. The molecule has 5 nitrogen and oxygen atoms in total. The minimum atomic E-state index is -0.255. The highest BCUT2D eigenvalue weighted by atomic mass is 35.5. The smallest absolute Gasteiger partial charge is 0.271 e. The molecule has 2 heterocycles. The topological polar surface area (TPSA) is 63.2 Å². The fraction of sp³-hybridized carbons (Fsp3) is 0.571. The minimum Gasteiger partial charge on any atom is -0.381 e. The predicted molar refractivity (Wildman–Crippen MR) is 79.3 cm³/mol. The van der Waals surface area contributed by atoms with E-state index in [1.165, 1.54) is 0 Å². The van der Waals surface area contributed by atoms with Gasteiger partial charge >= 0.3 is 0 Å². The Hall–Kier alpha value is -1.33. The van der Waals surface area contributed by atoms with E-state index in [-0.39, 0.29) is 17.1 Å². The van der Waals surface area contributed by atoms with Gasteiger partial charge in [0.25, 0.3) is 5.91 Å². The molecule has 2 rings (SSSR count). The lowest BCUT2D eigenvalue weighted by atomic mass is 9.92. The van der Waals surface area contributed by atoms with Gasteiger partial charge in [0.2, 0.25) is 0 Å². The van der Waals surface area contributed by atoms with Crippen LogP contribution in [-0.2, 0) is 4.74 Å². The number of rotatable bonds is 4. The first kappa shape index (κ1) is 15.1. The van der Waals surface area contributed by atoms with Crippen LogP contribution in [0.15, 0.2) is 12.1 Å². The van der Waals surface area contributed by atoms with Crippen molar-refractivity contribution in [1.82, 2.24) is 10.3 Å². The second kappa shape index (κ2) is 6.41. The van der Waals surface area contributed by atoms with E-state index in [2.05, 4.69) is 15.6 Å². The normalized spacial score (nSPS) is 17.6. The maximum atomic E-state index is 12.4. The molecule has 1 amide bonds. The molecule has 0 unspecified atom stereocenters. The number of hydrogen-bond donors (Lipinski definition) is 2. The molecule has 1 saturated heterocycles. The zero-order valence-electron chi connectivity index (χ0n) is 11.8. The third kappa shape index (κ3) is 3.61. The van der Waals surface area contributed by atoms with Gasteiger partial charge in [0.05, 0.1) is 5.02 Å². The molecule has 1 aliphatic rings. The molecule has 1 fully saturated rings. The number of amides is 1. The van der Waals surface area contributed by atoms with Crippen LogP contribution in [0.1, 0.15) is 37.2 Å². The van der Waals surface area contributed by atoms with Crippen LogP contribution in [0.4, 0.5) is 5.82 Å². The molecule has 0 aliphatic carbocycles. The van der Waals surface area contributed by atoms with Gasteiger partial charge in [-0.1, -0.05) is 11.6 Å². The van der Waals surface area contributed by atoms with E-state index in [0.29, 0.717) is 24.1 Å². The molecule has 0 aromatic carbocycles. The molecule has 0 radical (unpaired) electrons. The fourth-order valence-corrected chi connectivity index (χ4v) is 2.35. The molecule has 110 valence electrons. The third-order valence-corrected chi connectivity index (χ3v) is 3.74. The second-order valence-electron chi connectivity index (χ2n) is 5.18. The molecule has 1 aromatic heterocycles. The molecular weight excluding hydrogens is 278 g/mol. The Morgan fingerprint density at radius 3 is 2.80 bits per heavy atom. The highest BCUT2D eigenvalue weighted by Gasteiger charge is 2.30. The van der Waals surface area contributed by atoms with E-state index in [1.807, 2.05) is 13.8 Å². The van der Waals surface area contributed by atoms with Gasteiger partial charge in [0.15, 0.2) is 0 Å². The lowest BCUT2D eigenvalue weighted by molar-refractivity contribution is 0.0421. The van der Waals surface area contributed by atoms with Crippen molar-refractivity contribution in [2.75, 3.05) is 25.1 Å². The zero-order chi connectivity index (χ0) is 14.6. The average Bonchev–Trinajstić information content (AvgIpc) is 2.41. The van der Waals surface area contributed by atoms with E-state index in [1.54, 1.807) is 12.1 Å². The van der Waals surface area contributed by atoms with Crippen molar-refractivity contribution in [1.29, 1.82) is 0 Å². The van der Waals surface area contributed by atoms with Gasteiger partial charge in [-0.05, 0) is 38.8 Å². The average molecular weight is 298 g/mol. The molecule has 2 N–H and O–H groups in total. The SMILES string of the molecule is CCNc1ccc(Cl)c(C(=O)NC2(C)CCOCC2)n1. The number of anilines is 1. The van der Waals surface area contributed by atoms with Gasteiger partial charge in [0.1, 0.15) is 11.5 Å². The van der Waals surface area contributed by atoms with Gasteiger partial charge in [0, 0.05) is 25.3 Å². The number of hydrogen-bond acceptors (Lipinski definition) is 4. The largest absolute Gasteiger partial charge is 0.381 e. The number of aromatic nitrogens is 1. The first-order chi connectivity index (χ1) is 9.54. The Bertz CT molecular complexity index is 487. The molecule has 1 aliphatic heterocycles. The van der Waals surface area contributed by atoms with Gasteiger partial charge in [-0.3, -0.25) is 4.79 Å². The van der Waals surface area contributed by atoms with Crippen LogP contribution in [0, 0.1) is 0 Å². The second-order valence-corrected chi connectivity index (χ2v) is 5.59. The number of carbonyl (C=O) groups excluding carboxylic acids is 1. The Morgan fingerprint density at radius 1 is 1.45 bits per heavy atom. The van der Waals surface area contributed by atoms with Gasteiger partial charge in [-0.2, -0.15) is 0 Å². The number of pyridine rings is 1. The number of nitrogens with zero attached hydrogens (tertiary/aromatic N) is 1. The van der Waals surface area contributed by atoms with Gasteiger partial charge in [-0.25, -0.2) is 4.98 Å². The first-order valence-corrected chi connectivity index (χ1v) is 7.22. The predicted octanol–water partition coefficient (Wildman–Crippen LogP) is 2.47. The molecule has 1 aromatic rings. The van der Waals surface area contributed by atoms with E-state index >= 15 is 0 Å². The molecule has 0 spiro atoms. The summed E-state index contributed by atoms with van der Waals surface area (Å²) in [4.78, 5) is 16.6. The van der Waals surface area contributed by atoms with Crippen molar-refractivity contribution in [2.24, 2.45) is 0 Å². The van der Waals surface area contributed by atoms with Crippen molar-refractivity contribution in [3.05, 3.63) is 22.8 Å². The summed E-state index contributed by atoms with van der Waals surface area (Å²) in [6.07, 6.45) is 1.59. The summed E-state index contributed by atoms with van der Waals surface area (Å²) >= 11 is 6.08. The number of carbonyl (C=O) groups is 1. The number of ether oxygens (including phenoxy) is 1. The zero-order valence-corrected chi connectivity index (χ0v) is 12.6. The Balaban J connectivity index is 2.13. The van der Waals surface area contributed by atoms with Crippen LogP contribution in [0.25, 0.3) is 0 Å². The summed E-state index contributed by atoms with van der Waals surface area (Å²) in [7, 11) is 0. The van der Waals surface area contributed by atoms with Crippen molar-refractivity contribution in [3.8, 4) is 0 Å². The van der Waals surface area contributed by atoms with E-state index in [0.717, 1.165) is 19.4 Å². The van der Waals surface area contributed by atoms with Crippen LogP contribution in [0.3, 0.4) is 0 Å². The van der Waals surface area contributed by atoms with E-state index in [4.69, 9.17) is 16.3 Å². The standard InChI is InChI=1S/C14H20ClN3O2/c1-3-16-11-5-4-10(15)12(17-11)13(19)18-14(2)6-8-20-9-7-14/h4-5H,3,6-9H2,1-2H3,(H,16,17)(H,18,19). The lowest BCUT2D eigenvalue weighted by Gasteiger charge is -2.34. The highest BCUT2D eigenvalue weighted by Crippen LogP contribution is 2.22. The van der Waals surface area contributed by atoms with Crippen LogP contribution in [-0.4, -0.2) is 36.2 Å². The summed E-state index contributed by atoms with van der Waals surface area (Å²) in [5.41, 5.74) is 0.00646. The van der Waals surface area contributed by atoms with Crippen molar-refractivity contribution in [2.45, 2.75) is 32.2 Å². The van der Waals surface area contributed by atoms with Crippen LogP contribution in [0.5, 0.6) is 0 Å². The van der Waals surface area contributed by atoms with Crippen molar-refractivity contribution in [3.63, 3.8) is 0 Å². The Labute approximate surface area is 124 Å². The van der Waals surface area contributed by atoms with E-state index in [9.17, 15) is 4.79 Å². The van der Waals surface area contributed by atoms with Crippen LogP contribution < -0.4 is 10.6 Å². The lowest BCUT2D eigenvalue weighted by Crippen LogP contribution is -2.49. The molecule has 0 atom stereocenters. The first-order valence-electron chi connectivity index (χ1n) is 6.85. The number of halogens is 1. The van der Waals surface area contributed by atoms with Crippen molar-refractivity contribution < 1.29 is 9.53 Å². The molecule has 0 saturated carbocycles.